The van der Waals surface area contributed by atoms with Crippen LogP contribution in [-0.2, 0) is 0 Å². The van der Waals surface area contributed by atoms with Gasteiger partial charge in [0.2, 0.25) is 0 Å². The van der Waals surface area contributed by atoms with Gasteiger partial charge in [-0.05, 0) is 29.3 Å². The zero-order valence-electron chi connectivity index (χ0n) is 9.13. The third kappa shape index (κ3) is 1.65. The lowest BCUT2D eigenvalue weighted by molar-refractivity contribution is 0.198. The summed E-state index contributed by atoms with van der Waals surface area (Å²) in [6, 6.07) is 14.9. The summed E-state index contributed by atoms with van der Waals surface area (Å²) in [4.78, 5) is 2.25. The third-order valence-electron chi connectivity index (χ3n) is 3.26. The van der Waals surface area contributed by atoms with Crippen molar-refractivity contribution in [1.82, 2.24) is 0 Å². The minimum atomic E-state index is -0.161. The number of anilines is 1. The lowest BCUT2D eigenvalue weighted by Gasteiger charge is -2.18. The Morgan fingerprint density at radius 1 is 1.06 bits per heavy atom. The molecular weight excluding hydrogens is 198 g/mol. The first-order chi connectivity index (χ1) is 7.83. The number of rotatable bonds is 1. The Hall–Kier alpha value is -1.54. The van der Waals surface area contributed by atoms with Crippen LogP contribution in [-0.4, -0.2) is 24.3 Å². The number of hydrogen-bond donors (Lipinski definition) is 1. The summed E-state index contributed by atoms with van der Waals surface area (Å²) in [5, 5.41) is 12.1. The molecule has 1 fully saturated rings. The molecule has 2 nitrogen and oxygen atoms in total. The number of benzene rings is 2. The van der Waals surface area contributed by atoms with Gasteiger partial charge in [-0.3, -0.25) is 0 Å². The number of aliphatic hydroxyl groups is 1. The minimum Gasteiger partial charge on any atom is -0.391 e. The maximum atomic E-state index is 9.53. The van der Waals surface area contributed by atoms with E-state index in [9.17, 15) is 5.11 Å². The van der Waals surface area contributed by atoms with E-state index in [0.717, 1.165) is 19.5 Å². The fourth-order valence-corrected chi connectivity index (χ4v) is 2.35. The van der Waals surface area contributed by atoms with Crippen LogP contribution in [0.25, 0.3) is 10.8 Å². The van der Waals surface area contributed by atoms with Gasteiger partial charge in [0.1, 0.15) is 0 Å². The number of fused-ring (bicyclic) bond motifs is 1. The van der Waals surface area contributed by atoms with Gasteiger partial charge in [-0.25, -0.2) is 0 Å². The summed E-state index contributed by atoms with van der Waals surface area (Å²) in [5.74, 6) is 0. The lowest BCUT2D eigenvalue weighted by Crippen LogP contribution is -2.20. The first-order valence-electron chi connectivity index (χ1n) is 5.75. The minimum absolute atomic E-state index is 0.161. The van der Waals surface area contributed by atoms with E-state index >= 15 is 0 Å². The summed E-state index contributed by atoms with van der Waals surface area (Å²) in [6.45, 7) is 1.72. The molecule has 16 heavy (non-hydrogen) atoms. The second kappa shape index (κ2) is 3.80. The standard InChI is InChI=1S/C14H15NO/c16-14-7-8-15(10-14)13-6-5-11-3-1-2-4-12(11)9-13/h1-6,9,14,16H,7-8,10H2. The molecule has 2 aromatic carbocycles. The molecular formula is C14H15NO. The third-order valence-corrected chi connectivity index (χ3v) is 3.26. The molecule has 2 heteroatoms. The van der Waals surface area contributed by atoms with Crippen molar-refractivity contribution in [3.63, 3.8) is 0 Å². The van der Waals surface area contributed by atoms with Gasteiger partial charge in [-0.1, -0.05) is 30.3 Å². The molecule has 2 aromatic rings. The van der Waals surface area contributed by atoms with Crippen LogP contribution in [0.5, 0.6) is 0 Å². The molecule has 1 atom stereocenters. The molecule has 1 heterocycles. The van der Waals surface area contributed by atoms with E-state index in [1.165, 1.54) is 16.5 Å². The maximum absolute atomic E-state index is 9.53. The van der Waals surface area contributed by atoms with Gasteiger partial charge in [-0.15, -0.1) is 0 Å². The van der Waals surface area contributed by atoms with E-state index in [0.29, 0.717) is 0 Å². The largest absolute Gasteiger partial charge is 0.391 e. The molecule has 3 rings (SSSR count). The van der Waals surface area contributed by atoms with E-state index in [1.807, 2.05) is 0 Å². The zero-order chi connectivity index (χ0) is 11.0. The van der Waals surface area contributed by atoms with Crippen LogP contribution in [0.15, 0.2) is 42.5 Å². The maximum Gasteiger partial charge on any atom is 0.0731 e. The highest BCUT2D eigenvalue weighted by Gasteiger charge is 2.20. The predicted octanol–water partition coefficient (Wildman–Crippen LogP) is 2.41. The second-order valence-corrected chi connectivity index (χ2v) is 4.42. The molecule has 0 aliphatic carbocycles. The number of aliphatic hydroxyl groups excluding tert-OH is 1. The van der Waals surface area contributed by atoms with E-state index in [1.54, 1.807) is 0 Å². The number of β-amino-alcohol motifs (C(OH)–C–C–N with tert-alkyl or cyclic N) is 1. The fourth-order valence-electron chi connectivity index (χ4n) is 2.35. The Morgan fingerprint density at radius 3 is 2.62 bits per heavy atom. The molecule has 1 N–H and O–H groups in total. The quantitative estimate of drug-likeness (QED) is 0.786. The van der Waals surface area contributed by atoms with Crippen LogP contribution in [0.2, 0.25) is 0 Å². The molecule has 0 saturated carbocycles. The second-order valence-electron chi connectivity index (χ2n) is 4.42. The molecule has 0 bridgehead atoms. The van der Waals surface area contributed by atoms with Crippen molar-refractivity contribution in [2.75, 3.05) is 18.0 Å². The summed E-state index contributed by atoms with van der Waals surface area (Å²) < 4.78 is 0. The molecule has 0 amide bonds. The molecule has 0 radical (unpaired) electrons. The fraction of sp³-hybridized carbons (Fsp3) is 0.286. The van der Waals surface area contributed by atoms with Crippen molar-refractivity contribution in [1.29, 1.82) is 0 Å². The highest BCUT2D eigenvalue weighted by Crippen LogP contribution is 2.24. The summed E-state index contributed by atoms with van der Waals surface area (Å²) in [6.07, 6.45) is 0.721. The molecule has 1 aliphatic heterocycles. The molecule has 1 unspecified atom stereocenters. The smallest absolute Gasteiger partial charge is 0.0731 e. The Morgan fingerprint density at radius 2 is 1.88 bits per heavy atom. The van der Waals surface area contributed by atoms with Gasteiger partial charge in [0.15, 0.2) is 0 Å². The van der Waals surface area contributed by atoms with E-state index < -0.39 is 0 Å². The van der Waals surface area contributed by atoms with Crippen LogP contribution in [0.4, 0.5) is 5.69 Å². The van der Waals surface area contributed by atoms with Crippen molar-refractivity contribution >= 4 is 16.5 Å². The van der Waals surface area contributed by atoms with Crippen molar-refractivity contribution in [2.24, 2.45) is 0 Å². The van der Waals surface area contributed by atoms with E-state index in [-0.39, 0.29) is 6.10 Å². The van der Waals surface area contributed by atoms with Crippen LogP contribution >= 0.6 is 0 Å². The van der Waals surface area contributed by atoms with Gasteiger partial charge < -0.3 is 10.0 Å². The van der Waals surface area contributed by atoms with Gasteiger partial charge >= 0.3 is 0 Å². The zero-order valence-corrected chi connectivity index (χ0v) is 9.13. The average Bonchev–Trinajstić information content (AvgIpc) is 2.75. The highest BCUT2D eigenvalue weighted by molar-refractivity contribution is 5.85. The van der Waals surface area contributed by atoms with Gasteiger partial charge in [0.25, 0.3) is 0 Å². The summed E-state index contributed by atoms with van der Waals surface area (Å²) in [7, 11) is 0. The topological polar surface area (TPSA) is 23.5 Å². The van der Waals surface area contributed by atoms with Gasteiger partial charge in [0, 0.05) is 18.8 Å². The highest BCUT2D eigenvalue weighted by atomic mass is 16.3. The Bertz CT molecular complexity index is 509. The Balaban J connectivity index is 1.99. The average molecular weight is 213 g/mol. The lowest BCUT2D eigenvalue weighted by atomic mass is 10.1. The normalized spacial score (nSPS) is 20.6. The predicted molar refractivity (Wildman–Crippen MR) is 66.8 cm³/mol. The van der Waals surface area contributed by atoms with Crippen molar-refractivity contribution in [3.05, 3.63) is 42.5 Å². The number of hydrogen-bond acceptors (Lipinski definition) is 2. The van der Waals surface area contributed by atoms with Crippen molar-refractivity contribution < 1.29 is 5.11 Å². The SMILES string of the molecule is OC1CCN(c2ccc3ccccc3c2)C1. The van der Waals surface area contributed by atoms with Crippen LogP contribution in [0.3, 0.4) is 0 Å². The Kier molecular flexibility index (Phi) is 2.29. The van der Waals surface area contributed by atoms with E-state index in [4.69, 9.17) is 0 Å². The molecule has 1 aliphatic rings. The summed E-state index contributed by atoms with van der Waals surface area (Å²) in [5.41, 5.74) is 1.22. The Labute approximate surface area is 95.1 Å². The first kappa shape index (κ1) is 9.67. The molecule has 82 valence electrons. The molecule has 0 aromatic heterocycles. The number of nitrogens with zero attached hydrogens (tertiary/aromatic N) is 1. The van der Waals surface area contributed by atoms with Gasteiger partial charge in [0.05, 0.1) is 6.10 Å². The first-order valence-corrected chi connectivity index (χ1v) is 5.75. The van der Waals surface area contributed by atoms with Crippen LogP contribution in [0, 0.1) is 0 Å². The summed E-state index contributed by atoms with van der Waals surface area (Å²) >= 11 is 0. The van der Waals surface area contributed by atoms with Crippen LogP contribution < -0.4 is 4.90 Å². The molecule has 1 saturated heterocycles. The van der Waals surface area contributed by atoms with Crippen LogP contribution in [0.1, 0.15) is 6.42 Å². The molecule has 0 spiro atoms. The van der Waals surface area contributed by atoms with Crippen molar-refractivity contribution in [2.45, 2.75) is 12.5 Å². The van der Waals surface area contributed by atoms with Crippen molar-refractivity contribution in [3.8, 4) is 0 Å². The van der Waals surface area contributed by atoms with Gasteiger partial charge in [-0.2, -0.15) is 0 Å². The monoisotopic (exact) mass is 213 g/mol. The van der Waals surface area contributed by atoms with E-state index in [2.05, 4.69) is 47.4 Å².